The first kappa shape index (κ1) is 41.1. The molecule has 0 radical (unpaired) electrons. The van der Waals surface area contributed by atoms with Gasteiger partial charge in [0.25, 0.3) is 0 Å². The molecular weight excluding hydrogens is 507 g/mol. The summed E-state index contributed by atoms with van der Waals surface area (Å²) in [6.07, 6.45) is -0.918. The minimum atomic E-state index is -1.79. The number of ketones is 6. The van der Waals surface area contributed by atoms with Crippen molar-refractivity contribution in [3.05, 3.63) is 0 Å². The van der Waals surface area contributed by atoms with Crippen LogP contribution in [0.1, 0.15) is 80.1 Å². The van der Waals surface area contributed by atoms with E-state index in [0.717, 1.165) is 0 Å². The third-order valence-electron chi connectivity index (χ3n) is 3.66. The van der Waals surface area contributed by atoms with Crippen molar-refractivity contribution in [3.63, 3.8) is 0 Å². The van der Waals surface area contributed by atoms with E-state index in [4.69, 9.17) is 0 Å². The van der Waals surface area contributed by atoms with Gasteiger partial charge in [0.1, 0.15) is 35.3 Å². The van der Waals surface area contributed by atoms with Gasteiger partial charge < -0.3 is 29.7 Å². The van der Waals surface area contributed by atoms with Gasteiger partial charge in [-0.05, 0) is 17.8 Å². The van der Waals surface area contributed by atoms with Gasteiger partial charge in [-0.25, -0.2) is 0 Å². The fourth-order valence-corrected chi connectivity index (χ4v) is 2.34. The number of carboxylic acids is 3. The van der Waals surface area contributed by atoms with Crippen LogP contribution in [0.25, 0.3) is 0 Å². The van der Waals surface area contributed by atoms with E-state index in [1.807, 2.05) is 41.5 Å². The van der Waals surface area contributed by atoms with Crippen molar-refractivity contribution in [2.24, 2.45) is 17.8 Å². The Balaban J connectivity index is -0.000000218. The van der Waals surface area contributed by atoms with Gasteiger partial charge in [-0.2, -0.15) is 0 Å². The van der Waals surface area contributed by atoms with Gasteiger partial charge in [-0.15, -0.1) is 0 Å². The van der Waals surface area contributed by atoms with Gasteiger partial charge in [0.05, 0.1) is 19.3 Å². The van der Waals surface area contributed by atoms with Gasteiger partial charge in [-0.3, -0.25) is 28.8 Å². The van der Waals surface area contributed by atoms with Crippen molar-refractivity contribution in [1.29, 1.82) is 0 Å². The van der Waals surface area contributed by atoms with Crippen LogP contribution in [0.4, 0.5) is 0 Å². The first-order valence-electron chi connectivity index (χ1n) is 11.1. The molecule has 0 saturated heterocycles. The van der Waals surface area contributed by atoms with Crippen LogP contribution in [0.15, 0.2) is 0 Å². The summed E-state index contributed by atoms with van der Waals surface area (Å²) in [4.78, 5) is 93.6. The number of carbonyl (C=O) groups excluding carboxylic acids is 9. The number of aliphatic carboxylic acids is 3. The Morgan fingerprint density at radius 2 is 0.595 bits per heavy atom. The van der Waals surface area contributed by atoms with Crippen LogP contribution in [0, 0.1) is 17.8 Å². The van der Waals surface area contributed by atoms with Crippen molar-refractivity contribution in [3.8, 4) is 0 Å². The van der Waals surface area contributed by atoms with Crippen molar-refractivity contribution in [1.82, 2.24) is 0 Å². The van der Waals surface area contributed by atoms with E-state index >= 15 is 0 Å². The Bertz CT molecular complexity index is 731. The summed E-state index contributed by atoms with van der Waals surface area (Å²) in [5, 5.41) is 29.7. The largest absolute Gasteiger partial charge is 3.00 e. The van der Waals surface area contributed by atoms with Crippen LogP contribution in [0.2, 0.25) is 0 Å². The molecule has 0 spiro atoms. The molecule has 13 heteroatoms. The topological polar surface area (TPSA) is 223 Å². The molecule has 0 aliphatic rings. The predicted octanol–water partition coefficient (Wildman–Crippen LogP) is -2.45. The predicted molar refractivity (Wildman–Crippen MR) is 123 cm³/mol. The summed E-state index contributed by atoms with van der Waals surface area (Å²) >= 11 is 0. The average molecular weight is 540 g/mol. The molecule has 0 rings (SSSR count). The van der Waals surface area contributed by atoms with Gasteiger partial charge in [0, 0.05) is 19.3 Å². The van der Waals surface area contributed by atoms with Gasteiger partial charge in [0.15, 0.2) is 17.3 Å². The summed E-state index contributed by atoms with van der Waals surface area (Å²) < 4.78 is 0. The van der Waals surface area contributed by atoms with Crippen molar-refractivity contribution in [2.75, 3.05) is 0 Å². The molecular formula is C24H33AlO12. The number of hydrogen-bond donors (Lipinski definition) is 0. The molecule has 0 aliphatic carbocycles. The minimum absolute atomic E-state index is 0. The number of carbonyl (C=O) groups is 9. The Hall–Kier alpha value is -3.04. The zero-order chi connectivity index (χ0) is 29.2. The van der Waals surface area contributed by atoms with Crippen LogP contribution in [-0.4, -0.2) is 70.0 Å². The fraction of sp³-hybridized carbons (Fsp3) is 0.625. The van der Waals surface area contributed by atoms with Gasteiger partial charge in [-0.1, -0.05) is 41.5 Å². The molecule has 0 fully saturated rings. The Morgan fingerprint density at radius 3 is 0.703 bits per heavy atom. The van der Waals surface area contributed by atoms with Crippen LogP contribution in [0.5, 0.6) is 0 Å². The molecule has 0 unspecified atom stereocenters. The molecule has 0 heterocycles. The Kier molecular flexibility index (Phi) is 24.6. The van der Waals surface area contributed by atoms with Crippen LogP contribution < -0.4 is 15.3 Å². The van der Waals surface area contributed by atoms with E-state index in [-0.39, 0.29) is 71.7 Å². The molecule has 12 nitrogen and oxygen atoms in total. The van der Waals surface area contributed by atoms with Crippen LogP contribution >= 0.6 is 0 Å². The minimum Gasteiger partial charge on any atom is -0.542 e. The monoisotopic (exact) mass is 540 g/mol. The van der Waals surface area contributed by atoms with Gasteiger partial charge >= 0.3 is 17.4 Å². The smallest absolute Gasteiger partial charge is 0.542 e. The standard InChI is InChI=1S/3C8H12O4.Al/c3*1-5(2)3-6(9)4-7(10)8(11)12;/h3*5H,3-4H2,1-2H3,(H,11,12);/q;;;+3/p-3. The van der Waals surface area contributed by atoms with Crippen molar-refractivity contribution >= 4 is 70.0 Å². The molecule has 0 aromatic carbocycles. The third-order valence-corrected chi connectivity index (χ3v) is 3.66. The first-order valence-corrected chi connectivity index (χ1v) is 11.1. The van der Waals surface area contributed by atoms with Crippen molar-refractivity contribution in [2.45, 2.75) is 80.1 Å². The average Bonchev–Trinajstić information content (AvgIpc) is 2.66. The zero-order valence-electron chi connectivity index (χ0n) is 22.0. The molecule has 0 aromatic rings. The Labute approximate surface area is 226 Å². The second kappa shape index (κ2) is 22.2. The van der Waals surface area contributed by atoms with Gasteiger partial charge in [0.2, 0.25) is 0 Å². The Morgan fingerprint density at radius 1 is 0.432 bits per heavy atom. The summed E-state index contributed by atoms with van der Waals surface area (Å²) in [6.45, 7) is 10.9. The quantitative estimate of drug-likeness (QED) is 0.120. The molecule has 204 valence electrons. The summed E-state index contributed by atoms with van der Waals surface area (Å²) in [7, 11) is 0. The molecule has 0 aliphatic heterocycles. The molecule has 37 heavy (non-hydrogen) atoms. The first-order chi connectivity index (χ1) is 16.3. The van der Waals surface area contributed by atoms with E-state index in [0.29, 0.717) is 0 Å². The number of hydrogen-bond acceptors (Lipinski definition) is 12. The molecule has 0 saturated carbocycles. The maximum absolute atomic E-state index is 10.9. The normalized spacial score (nSPS) is 9.65. The molecule has 0 bridgehead atoms. The second-order valence-corrected chi connectivity index (χ2v) is 9.07. The fourth-order valence-electron chi connectivity index (χ4n) is 2.34. The maximum Gasteiger partial charge on any atom is 3.00 e. The number of Topliss-reactive ketones (excluding diaryl/α,β-unsaturated/α-hetero) is 6. The SMILES string of the molecule is CC(C)CC(=O)CC(=O)C(=O)[O-].CC(C)CC(=O)CC(=O)C(=O)[O-].CC(C)CC(=O)CC(=O)C(=O)[O-].[Al+3]. The summed E-state index contributed by atoms with van der Waals surface area (Å²) in [5.41, 5.74) is 0. The summed E-state index contributed by atoms with van der Waals surface area (Å²) in [6, 6.07) is 0. The van der Waals surface area contributed by atoms with E-state index in [1.165, 1.54) is 0 Å². The number of rotatable bonds is 15. The van der Waals surface area contributed by atoms with Crippen molar-refractivity contribution < 1.29 is 58.5 Å². The van der Waals surface area contributed by atoms with E-state index in [1.54, 1.807) is 0 Å². The van der Waals surface area contributed by atoms with E-state index < -0.39 is 54.5 Å². The number of carboxylic acid groups (broad SMARTS) is 3. The summed E-state index contributed by atoms with van der Waals surface area (Å²) in [5.74, 6) is -9.38. The van der Waals surface area contributed by atoms with Crippen LogP contribution in [-0.2, 0) is 43.2 Å². The molecule has 0 atom stereocenters. The van der Waals surface area contributed by atoms with Crippen LogP contribution in [0.3, 0.4) is 0 Å². The maximum atomic E-state index is 10.9. The third kappa shape index (κ3) is 29.1. The van der Waals surface area contributed by atoms with E-state index in [9.17, 15) is 58.5 Å². The van der Waals surface area contributed by atoms with E-state index in [2.05, 4.69) is 0 Å². The molecule has 0 N–H and O–H groups in total. The molecule has 0 aromatic heterocycles. The second-order valence-electron chi connectivity index (χ2n) is 9.07. The zero-order valence-corrected chi connectivity index (χ0v) is 23.1. The molecule has 0 amide bonds.